The van der Waals surface area contributed by atoms with E-state index in [1.165, 1.54) is 5.56 Å². The van der Waals surface area contributed by atoms with Gasteiger partial charge in [0.25, 0.3) is 0 Å². The summed E-state index contributed by atoms with van der Waals surface area (Å²) in [6.45, 7) is 5.14. The topological polar surface area (TPSA) is 81.9 Å². The number of aryl methyl sites for hydroxylation is 1. The molecule has 0 radical (unpaired) electrons. The van der Waals surface area contributed by atoms with Crippen LogP contribution in [-0.2, 0) is 6.54 Å². The van der Waals surface area contributed by atoms with Gasteiger partial charge in [-0.2, -0.15) is 0 Å². The van der Waals surface area contributed by atoms with Crippen LogP contribution in [0.5, 0.6) is 5.88 Å². The van der Waals surface area contributed by atoms with Crippen molar-refractivity contribution in [3.05, 3.63) is 61.1 Å². The molecule has 0 aromatic carbocycles. The number of hydrogen-bond acceptors (Lipinski definition) is 7. The average molecular weight is 391 g/mol. The highest BCUT2D eigenvalue weighted by Crippen LogP contribution is 2.43. The van der Waals surface area contributed by atoms with E-state index in [9.17, 15) is 0 Å². The van der Waals surface area contributed by atoms with E-state index in [0.717, 1.165) is 38.3 Å². The molecular formula is C21H25N7O. The fraction of sp³-hybridized carbons (Fsp3) is 0.476. The minimum Gasteiger partial charge on any atom is -0.471 e. The first-order valence-electron chi connectivity index (χ1n) is 10.1. The number of rotatable bonds is 5. The van der Waals surface area contributed by atoms with E-state index in [2.05, 4.69) is 47.5 Å². The second kappa shape index (κ2) is 7.87. The van der Waals surface area contributed by atoms with Gasteiger partial charge in [-0.3, -0.25) is 9.88 Å². The predicted octanol–water partition coefficient (Wildman–Crippen LogP) is 2.30. The lowest BCUT2D eigenvalue weighted by Gasteiger charge is -2.38. The summed E-state index contributed by atoms with van der Waals surface area (Å²) in [6.07, 6.45) is 16.5. The molecular weight excluding hydrogens is 366 g/mol. The van der Waals surface area contributed by atoms with E-state index in [1.807, 2.05) is 18.6 Å². The van der Waals surface area contributed by atoms with Gasteiger partial charge in [-0.1, -0.05) is 0 Å². The summed E-state index contributed by atoms with van der Waals surface area (Å²) in [4.78, 5) is 23.8. The number of imidazole rings is 1. The summed E-state index contributed by atoms with van der Waals surface area (Å²) < 4.78 is 8.62. The lowest BCUT2D eigenvalue weighted by Crippen LogP contribution is -2.40. The highest BCUT2D eigenvalue weighted by Gasteiger charge is 2.44. The molecule has 4 atom stereocenters. The van der Waals surface area contributed by atoms with E-state index in [-0.39, 0.29) is 12.1 Å². The minimum absolute atomic E-state index is 0.0564. The van der Waals surface area contributed by atoms with Crippen LogP contribution >= 0.6 is 0 Å². The summed E-state index contributed by atoms with van der Waals surface area (Å²) >= 11 is 0. The van der Waals surface area contributed by atoms with Crippen LogP contribution in [0.25, 0.3) is 0 Å². The molecule has 0 amide bonds. The van der Waals surface area contributed by atoms with Gasteiger partial charge in [-0.05, 0) is 31.6 Å². The Morgan fingerprint density at radius 1 is 0.966 bits per heavy atom. The zero-order valence-corrected chi connectivity index (χ0v) is 16.5. The third-order valence-corrected chi connectivity index (χ3v) is 6.21. The molecule has 1 aliphatic carbocycles. The maximum Gasteiger partial charge on any atom is 0.232 e. The molecule has 2 fully saturated rings. The fourth-order valence-electron chi connectivity index (χ4n) is 4.95. The van der Waals surface area contributed by atoms with Crippen molar-refractivity contribution in [2.45, 2.75) is 38.5 Å². The highest BCUT2D eigenvalue weighted by molar-refractivity contribution is 5.08. The average Bonchev–Trinajstić information content (AvgIpc) is 3.34. The molecule has 8 nitrogen and oxygen atoms in total. The second-order valence-corrected chi connectivity index (χ2v) is 8.08. The zero-order chi connectivity index (χ0) is 19.6. The molecule has 29 heavy (non-hydrogen) atoms. The molecule has 1 aliphatic heterocycles. The monoisotopic (exact) mass is 391 g/mol. The van der Waals surface area contributed by atoms with Gasteiger partial charge in [0.05, 0.1) is 12.2 Å². The SMILES string of the molecule is Cc1nccn1[C@H]1C[C@H]2CN(Cc3cncnc3)C[C@H]2C[C@@H]1Oc1cnccn1. The number of fused-ring (bicyclic) bond motifs is 1. The van der Waals surface area contributed by atoms with Gasteiger partial charge < -0.3 is 9.30 Å². The molecule has 2 aliphatic rings. The molecule has 3 aromatic rings. The third kappa shape index (κ3) is 3.85. The maximum absolute atomic E-state index is 6.35. The Hall–Kier alpha value is -2.87. The summed E-state index contributed by atoms with van der Waals surface area (Å²) in [5.74, 6) is 2.88. The van der Waals surface area contributed by atoms with E-state index in [0.29, 0.717) is 17.7 Å². The van der Waals surface area contributed by atoms with Crippen molar-refractivity contribution < 1.29 is 4.74 Å². The first kappa shape index (κ1) is 18.2. The first-order chi connectivity index (χ1) is 14.3. The third-order valence-electron chi connectivity index (χ3n) is 6.21. The van der Waals surface area contributed by atoms with Gasteiger partial charge in [0.1, 0.15) is 18.3 Å². The lowest BCUT2D eigenvalue weighted by molar-refractivity contribution is 0.0501. The van der Waals surface area contributed by atoms with Crippen molar-refractivity contribution >= 4 is 0 Å². The van der Waals surface area contributed by atoms with Gasteiger partial charge >= 0.3 is 0 Å². The minimum atomic E-state index is 0.0564. The molecule has 1 saturated heterocycles. The van der Waals surface area contributed by atoms with Crippen LogP contribution in [0.3, 0.4) is 0 Å². The number of hydrogen-bond donors (Lipinski definition) is 0. The Kier molecular flexibility index (Phi) is 4.93. The number of aromatic nitrogens is 6. The van der Waals surface area contributed by atoms with Gasteiger partial charge in [0.15, 0.2) is 0 Å². The molecule has 0 N–H and O–H groups in total. The van der Waals surface area contributed by atoms with E-state index < -0.39 is 0 Å². The molecule has 5 rings (SSSR count). The fourth-order valence-corrected chi connectivity index (χ4v) is 4.95. The van der Waals surface area contributed by atoms with Gasteiger partial charge in [0.2, 0.25) is 5.88 Å². The summed E-state index contributed by atoms with van der Waals surface area (Å²) in [6, 6.07) is 0.251. The summed E-state index contributed by atoms with van der Waals surface area (Å²) in [7, 11) is 0. The standard InChI is InChI=1S/C21H25N7O/c1-15-25-4-5-28(15)19-6-17-12-27(11-16-8-23-14-24-9-16)13-18(17)7-20(19)29-21-10-22-2-3-26-21/h2-5,8-10,14,17-20H,6-7,11-13H2,1H3/t17-,18+,19-,20-/m0/s1. The summed E-state index contributed by atoms with van der Waals surface area (Å²) in [5.41, 5.74) is 1.17. The largest absolute Gasteiger partial charge is 0.471 e. The van der Waals surface area contributed by atoms with E-state index in [1.54, 1.807) is 24.9 Å². The second-order valence-electron chi connectivity index (χ2n) is 8.08. The van der Waals surface area contributed by atoms with Gasteiger partial charge in [-0.15, -0.1) is 0 Å². The van der Waals surface area contributed by atoms with Crippen LogP contribution in [0.2, 0.25) is 0 Å². The van der Waals surface area contributed by atoms with Crippen molar-refractivity contribution in [2.75, 3.05) is 13.1 Å². The highest BCUT2D eigenvalue weighted by atomic mass is 16.5. The maximum atomic E-state index is 6.35. The number of nitrogens with zero attached hydrogens (tertiary/aromatic N) is 7. The van der Waals surface area contributed by atoms with E-state index >= 15 is 0 Å². The first-order valence-corrected chi connectivity index (χ1v) is 10.1. The van der Waals surface area contributed by atoms with Crippen LogP contribution in [-0.4, -0.2) is 53.6 Å². The molecule has 8 heteroatoms. The molecule has 0 spiro atoms. The Balaban J connectivity index is 1.35. The quantitative estimate of drug-likeness (QED) is 0.660. The zero-order valence-electron chi connectivity index (χ0n) is 16.5. The lowest BCUT2D eigenvalue weighted by atomic mass is 9.77. The van der Waals surface area contributed by atoms with Crippen molar-refractivity contribution in [1.29, 1.82) is 0 Å². The Morgan fingerprint density at radius 2 is 1.79 bits per heavy atom. The Morgan fingerprint density at radius 3 is 2.52 bits per heavy atom. The molecule has 1 saturated carbocycles. The molecule has 0 bridgehead atoms. The predicted molar refractivity (Wildman–Crippen MR) is 106 cm³/mol. The number of ether oxygens (including phenoxy) is 1. The van der Waals surface area contributed by atoms with Crippen LogP contribution in [0, 0.1) is 18.8 Å². The van der Waals surface area contributed by atoms with Crippen LogP contribution in [0.15, 0.2) is 49.7 Å². The van der Waals surface area contributed by atoms with Crippen molar-refractivity contribution in [2.24, 2.45) is 11.8 Å². The van der Waals surface area contributed by atoms with Gasteiger partial charge in [-0.25, -0.2) is 19.9 Å². The van der Waals surface area contributed by atoms with Crippen molar-refractivity contribution in [3.8, 4) is 5.88 Å². The van der Waals surface area contributed by atoms with E-state index in [4.69, 9.17) is 4.74 Å². The molecule has 3 aromatic heterocycles. The molecule has 4 heterocycles. The number of likely N-dealkylation sites (tertiary alicyclic amines) is 1. The van der Waals surface area contributed by atoms with Crippen LogP contribution < -0.4 is 4.74 Å². The van der Waals surface area contributed by atoms with Crippen LogP contribution in [0.4, 0.5) is 0 Å². The Bertz CT molecular complexity index is 932. The molecule has 0 unspecified atom stereocenters. The molecule has 150 valence electrons. The normalized spacial score (nSPS) is 26.9. The van der Waals surface area contributed by atoms with Crippen LogP contribution in [0.1, 0.15) is 30.3 Å². The smallest absolute Gasteiger partial charge is 0.232 e. The summed E-state index contributed by atoms with van der Waals surface area (Å²) in [5, 5.41) is 0. The van der Waals surface area contributed by atoms with Crippen molar-refractivity contribution in [1.82, 2.24) is 34.4 Å². The Labute approximate surface area is 170 Å². The van der Waals surface area contributed by atoms with Crippen molar-refractivity contribution in [3.63, 3.8) is 0 Å². The van der Waals surface area contributed by atoms with Gasteiger partial charge in [0, 0.05) is 62.4 Å².